The molecule has 7 nitrogen and oxygen atoms in total. The second-order valence-electron chi connectivity index (χ2n) is 6.60. The fraction of sp³-hybridized carbons (Fsp3) is 0.100. The lowest BCUT2D eigenvalue weighted by atomic mass is 10.2. The number of rotatable bonds is 7. The van der Waals surface area contributed by atoms with Crippen LogP contribution in [0.3, 0.4) is 0 Å². The maximum absolute atomic E-state index is 14.4. The Labute approximate surface area is 200 Å². The van der Waals surface area contributed by atoms with Crippen LogP contribution >= 0.6 is 39.0 Å². The molecule has 1 atom stereocenters. The zero-order valence-electron chi connectivity index (χ0n) is 16.4. The predicted molar refractivity (Wildman–Crippen MR) is 128 cm³/mol. The van der Waals surface area contributed by atoms with E-state index < -0.39 is 21.5 Å². The Morgan fingerprint density at radius 3 is 2.81 bits per heavy atom. The van der Waals surface area contributed by atoms with Crippen molar-refractivity contribution in [2.24, 2.45) is 0 Å². The van der Waals surface area contributed by atoms with Gasteiger partial charge in [-0.1, -0.05) is 0 Å². The van der Waals surface area contributed by atoms with Gasteiger partial charge in [-0.2, -0.15) is 0 Å². The van der Waals surface area contributed by atoms with E-state index in [1.54, 1.807) is 29.1 Å². The van der Waals surface area contributed by atoms with Gasteiger partial charge in [0, 0.05) is 32.1 Å². The van der Waals surface area contributed by atoms with Crippen LogP contribution in [0, 0.1) is 21.3 Å². The average Bonchev–Trinajstić information content (AvgIpc) is 3.38. The molecular weight excluding hydrogens is 539 g/mol. The van der Waals surface area contributed by atoms with E-state index in [0.29, 0.717) is 25.3 Å². The standard InChI is InChI=1S/C20H14BrFN4O3S3/c1-30-20-18(5-13(8-23)31-20)32(29)14-6-15(21)19-17(7-14)25(10-24-19)9-11-2-3-12(26(27)28)4-16(11)22/h2-8,10,23H,9H2,1H3. The molecule has 0 saturated carbocycles. The van der Waals surface area contributed by atoms with E-state index >= 15 is 0 Å². The Balaban J connectivity index is 1.75. The monoisotopic (exact) mass is 552 g/mol. The smallest absolute Gasteiger partial charge is 0.272 e. The number of nitrogens with zero attached hydrogens (tertiary/aromatic N) is 3. The van der Waals surface area contributed by atoms with Gasteiger partial charge < -0.3 is 9.98 Å². The van der Waals surface area contributed by atoms with Crippen LogP contribution in [0.4, 0.5) is 10.1 Å². The fourth-order valence-electron chi connectivity index (χ4n) is 3.14. The van der Waals surface area contributed by atoms with E-state index in [1.165, 1.54) is 41.4 Å². The Morgan fingerprint density at radius 1 is 1.38 bits per heavy atom. The molecule has 0 amide bonds. The highest BCUT2D eigenvalue weighted by atomic mass is 79.9. The lowest BCUT2D eigenvalue weighted by molar-refractivity contribution is -0.385. The van der Waals surface area contributed by atoms with Gasteiger partial charge in [0.2, 0.25) is 0 Å². The number of nitrogens with one attached hydrogen (secondary N) is 1. The summed E-state index contributed by atoms with van der Waals surface area (Å²) < 4.78 is 31.0. The Kier molecular flexibility index (Phi) is 6.56. The first-order valence-electron chi connectivity index (χ1n) is 8.99. The minimum Gasteiger partial charge on any atom is -0.326 e. The number of nitro groups is 1. The van der Waals surface area contributed by atoms with Crippen molar-refractivity contribution >= 4 is 72.8 Å². The molecule has 0 saturated heterocycles. The largest absolute Gasteiger partial charge is 0.326 e. The summed E-state index contributed by atoms with van der Waals surface area (Å²) in [7, 11) is -1.49. The zero-order valence-corrected chi connectivity index (χ0v) is 20.4. The molecule has 0 aliphatic heterocycles. The van der Waals surface area contributed by atoms with Crippen molar-refractivity contribution in [2.75, 3.05) is 6.26 Å². The number of aromatic nitrogens is 2. The molecule has 0 bridgehead atoms. The van der Waals surface area contributed by atoms with Crippen molar-refractivity contribution in [3.05, 3.63) is 73.6 Å². The summed E-state index contributed by atoms with van der Waals surface area (Å²) in [5.74, 6) is -0.679. The molecule has 2 aromatic carbocycles. The summed E-state index contributed by atoms with van der Waals surface area (Å²) in [4.78, 5) is 16.5. The molecule has 164 valence electrons. The molecule has 2 aromatic heterocycles. The molecule has 2 heterocycles. The lowest BCUT2D eigenvalue weighted by Crippen LogP contribution is -2.02. The van der Waals surface area contributed by atoms with Gasteiger partial charge in [0.1, 0.15) is 11.3 Å². The summed E-state index contributed by atoms with van der Waals surface area (Å²) in [6.45, 7) is 0.106. The van der Waals surface area contributed by atoms with Crippen molar-refractivity contribution in [3.8, 4) is 0 Å². The zero-order chi connectivity index (χ0) is 23.0. The Morgan fingerprint density at radius 2 is 2.16 bits per heavy atom. The van der Waals surface area contributed by atoms with Crippen LogP contribution in [-0.2, 0) is 17.3 Å². The number of halogens is 2. The number of thiophene rings is 1. The van der Waals surface area contributed by atoms with Crippen LogP contribution in [0.25, 0.3) is 11.0 Å². The molecule has 0 aliphatic rings. The Hall–Kier alpha value is -2.41. The molecule has 12 heteroatoms. The fourth-order valence-corrected chi connectivity index (χ4v) is 7.32. The number of hydrogen-bond donors (Lipinski definition) is 1. The molecule has 4 aromatic rings. The molecule has 1 N–H and O–H groups in total. The van der Waals surface area contributed by atoms with Gasteiger partial charge in [-0.25, -0.2) is 13.6 Å². The lowest BCUT2D eigenvalue weighted by Gasteiger charge is -2.08. The third-order valence-electron chi connectivity index (χ3n) is 4.67. The summed E-state index contributed by atoms with van der Waals surface area (Å²) in [5.41, 5.74) is 1.24. The van der Waals surface area contributed by atoms with Crippen molar-refractivity contribution in [2.45, 2.75) is 20.5 Å². The van der Waals surface area contributed by atoms with Gasteiger partial charge in [-0.05, 0) is 46.5 Å². The highest BCUT2D eigenvalue weighted by Gasteiger charge is 2.19. The van der Waals surface area contributed by atoms with Crippen LogP contribution in [-0.4, -0.2) is 31.2 Å². The average molecular weight is 553 g/mol. The van der Waals surface area contributed by atoms with Crippen molar-refractivity contribution in [1.82, 2.24) is 9.55 Å². The van der Waals surface area contributed by atoms with Crippen LogP contribution < -0.4 is 0 Å². The van der Waals surface area contributed by atoms with Crippen LogP contribution in [0.15, 0.2) is 61.2 Å². The normalized spacial score (nSPS) is 12.2. The summed E-state index contributed by atoms with van der Waals surface area (Å²) in [6.07, 6.45) is 4.68. The minimum atomic E-state index is -1.49. The summed E-state index contributed by atoms with van der Waals surface area (Å²) >= 11 is 6.37. The summed E-state index contributed by atoms with van der Waals surface area (Å²) in [6, 6.07) is 8.78. The maximum atomic E-state index is 14.4. The number of fused-ring (bicyclic) bond motifs is 1. The van der Waals surface area contributed by atoms with E-state index in [9.17, 15) is 18.7 Å². The number of nitro benzene ring substituents is 1. The topological polar surface area (TPSA) is 102 Å². The van der Waals surface area contributed by atoms with E-state index in [0.717, 1.165) is 15.2 Å². The van der Waals surface area contributed by atoms with Crippen molar-refractivity contribution in [1.29, 1.82) is 5.41 Å². The molecule has 0 spiro atoms. The number of thioether (sulfide) groups is 1. The first-order valence-corrected chi connectivity index (χ1v) is 13.0. The molecular formula is C20H14BrFN4O3S3. The van der Waals surface area contributed by atoms with Crippen LogP contribution in [0.2, 0.25) is 0 Å². The highest BCUT2D eigenvalue weighted by Crippen LogP contribution is 2.36. The van der Waals surface area contributed by atoms with Gasteiger partial charge in [-0.3, -0.25) is 10.1 Å². The second kappa shape index (κ2) is 9.22. The number of hydrogen-bond acceptors (Lipinski definition) is 7. The van der Waals surface area contributed by atoms with Crippen molar-refractivity contribution in [3.63, 3.8) is 0 Å². The van der Waals surface area contributed by atoms with E-state index in [4.69, 9.17) is 5.41 Å². The Bertz CT molecular complexity index is 1400. The minimum absolute atomic E-state index is 0.106. The predicted octanol–water partition coefficient (Wildman–Crippen LogP) is 5.84. The van der Waals surface area contributed by atoms with Gasteiger partial charge in [-0.15, -0.1) is 23.1 Å². The molecule has 0 aliphatic carbocycles. The maximum Gasteiger partial charge on any atom is 0.272 e. The number of imidazole rings is 1. The van der Waals surface area contributed by atoms with Gasteiger partial charge >= 0.3 is 0 Å². The van der Waals surface area contributed by atoms with Gasteiger partial charge in [0.15, 0.2) is 0 Å². The number of non-ortho nitro benzene ring substituents is 1. The molecule has 0 radical (unpaired) electrons. The van der Waals surface area contributed by atoms with E-state index in [1.807, 2.05) is 6.26 Å². The highest BCUT2D eigenvalue weighted by molar-refractivity contribution is 9.10. The first kappa shape index (κ1) is 22.8. The first-order chi connectivity index (χ1) is 15.3. The third kappa shape index (κ3) is 4.27. The molecule has 32 heavy (non-hydrogen) atoms. The van der Waals surface area contributed by atoms with Crippen molar-refractivity contribution < 1.29 is 13.5 Å². The SMILES string of the molecule is CSc1sc(C=N)cc1S(=O)c1cc(Br)c2ncn(Cc3ccc([N+](=O)[O-])cc3F)c2c1. The van der Waals surface area contributed by atoms with Crippen LogP contribution in [0.1, 0.15) is 10.4 Å². The molecule has 0 fully saturated rings. The number of benzene rings is 2. The van der Waals surface area contributed by atoms with E-state index in [-0.39, 0.29) is 17.8 Å². The van der Waals surface area contributed by atoms with Gasteiger partial charge in [0.25, 0.3) is 5.69 Å². The molecule has 1 unspecified atom stereocenters. The summed E-state index contributed by atoms with van der Waals surface area (Å²) in [5, 5.41) is 18.3. The van der Waals surface area contributed by atoms with Crippen LogP contribution in [0.5, 0.6) is 0 Å². The van der Waals surface area contributed by atoms with E-state index in [2.05, 4.69) is 20.9 Å². The molecule has 4 rings (SSSR count). The second-order valence-corrected chi connectivity index (χ2v) is 11.1. The third-order valence-corrected chi connectivity index (χ3v) is 9.13. The quantitative estimate of drug-likeness (QED) is 0.134. The van der Waals surface area contributed by atoms with Gasteiger partial charge in [0.05, 0.1) is 49.3 Å².